The molecule has 9 heteroatoms. The number of rotatable bonds is 8. The number of halogens is 1. The summed E-state index contributed by atoms with van der Waals surface area (Å²) in [5, 5.41) is 5.31. The third-order valence-corrected chi connectivity index (χ3v) is 7.39. The number of amides is 2. The first kappa shape index (κ1) is 24.9. The Kier molecular flexibility index (Phi) is 8.20. The van der Waals surface area contributed by atoms with Gasteiger partial charge in [0, 0.05) is 18.2 Å². The van der Waals surface area contributed by atoms with Crippen LogP contribution >= 0.6 is 0 Å². The molecule has 1 atom stereocenters. The quantitative estimate of drug-likeness (QED) is 0.545. The van der Waals surface area contributed by atoms with Crippen LogP contribution in [0.3, 0.4) is 0 Å². The summed E-state index contributed by atoms with van der Waals surface area (Å²) in [6, 6.07) is 11.5. The fourth-order valence-corrected chi connectivity index (χ4v) is 4.99. The van der Waals surface area contributed by atoms with E-state index < -0.39 is 27.8 Å². The zero-order valence-corrected chi connectivity index (χ0v) is 19.6. The largest absolute Gasteiger partial charge is 0.344 e. The maximum absolute atomic E-state index is 13.3. The molecule has 0 radical (unpaired) electrons. The lowest BCUT2D eigenvalue weighted by molar-refractivity contribution is -0.129. The minimum absolute atomic E-state index is 0.156. The summed E-state index contributed by atoms with van der Waals surface area (Å²) in [7, 11) is -3.56. The van der Waals surface area contributed by atoms with Crippen molar-refractivity contribution in [3.63, 3.8) is 0 Å². The molecule has 1 aliphatic rings. The predicted molar refractivity (Wildman–Crippen MR) is 124 cm³/mol. The van der Waals surface area contributed by atoms with Crippen molar-refractivity contribution in [2.75, 3.05) is 11.9 Å². The Hall–Kier alpha value is -2.78. The van der Waals surface area contributed by atoms with Crippen molar-refractivity contribution in [3.8, 4) is 0 Å². The molecular weight excluding hydrogens is 445 g/mol. The minimum Gasteiger partial charge on any atom is -0.344 e. The molecule has 178 valence electrons. The third kappa shape index (κ3) is 7.10. The van der Waals surface area contributed by atoms with Crippen molar-refractivity contribution in [2.24, 2.45) is 11.8 Å². The Morgan fingerprint density at radius 1 is 1.06 bits per heavy atom. The molecule has 33 heavy (non-hydrogen) atoms. The van der Waals surface area contributed by atoms with Crippen molar-refractivity contribution in [2.45, 2.75) is 50.5 Å². The van der Waals surface area contributed by atoms with Crippen molar-refractivity contribution >= 4 is 27.5 Å². The third-order valence-electron chi connectivity index (χ3n) is 5.96. The summed E-state index contributed by atoms with van der Waals surface area (Å²) in [4.78, 5) is 25.1. The highest BCUT2D eigenvalue weighted by Crippen LogP contribution is 2.29. The number of carbonyl (C=O) groups is 2. The molecule has 0 spiro atoms. The second-order valence-corrected chi connectivity index (χ2v) is 10.4. The van der Waals surface area contributed by atoms with E-state index in [2.05, 4.69) is 15.4 Å². The molecule has 2 amide bonds. The van der Waals surface area contributed by atoms with Crippen LogP contribution in [0.15, 0.2) is 53.4 Å². The average Bonchev–Trinajstić information content (AvgIpc) is 2.78. The molecule has 0 aliphatic heterocycles. The lowest BCUT2D eigenvalue weighted by atomic mass is 9.81. The lowest BCUT2D eigenvalue weighted by Crippen LogP contribution is -2.45. The molecule has 1 saturated carbocycles. The van der Waals surface area contributed by atoms with Gasteiger partial charge in [0.15, 0.2) is 0 Å². The SMILES string of the molecule is Cc1ccc(S(=O)(=O)NCC2CCC(C(=O)NC(C)C(=O)Nc3cccc(F)c3)CC2)cc1. The van der Waals surface area contributed by atoms with Gasteiger partial charge in [0.25, 0.3) is 0 Å². The van der Waals surface area contributed by atoms with Gasteiger partial charge in [-0.15, -0.1) is 0 Å². The maximum atomic E-state index is 13.3. The predicted octanol–water partition coefficient (Wildman–Crippen LogP) is 3.36. The van der Waals surface area contributed by atoms with Crippen LogP contribution in [0.5, 0.6) is 0 Å². The molecule has 0 bridgehead atoms. The summed E-state index contributed by atoms with van der Waals surface area (Å²) in [5.41, 5.74) is 1.32. The van der Waals surface area contributed by atoms with Crippen LogP contribution in [0.1, 0.15) is 38.2 Å². The Morgan fingerprint density at radius 3 is 2.36 bits per heavy atom. The van der Waals surface area contributed by atoms with Crippen molar-refractivity contribution in [1.82, 2.24) is 10.0 Å². The molecule has 2 aromatic carbocycles. The topological polar surface area (TPSA) is 104 Å². The smallest absolute Gasteiger partial charge is 0.246 e. The number of benzene rings is 2. The molecule has 3 N–H and O–H groups in total. The molecule has 0 aromatic heterocycles. The molecule has 1 aliphatic carbocycles. The van der Waals surface area contributed by atoms with Crippen molar-refractivity contribution in [1.29, 1.82) is 0 Å². The fraction of sp³-hybridized carbons (Fsp3) is 0.417. The zero-order valence-electron chi connectivity index (χ0n) is 18.8. The van der Waals surface area contributed by atoms with Gasteiger partial charge in [0.2, 0.25) is 21.8 Å². The van der Waals surface area contributed by atoms with E-state index in [9.17, 15) is 22.4 Å². The summed E-state index contributed by atoms with van der Waals surface area (Å²) in [5.74, 6) is -1.14. The van der Waals surface area contributed by atoms with Crippen molar-refractivity contribution < 1.29 is 22.4 Å². The molecule has 0 saturated heterocycles. The molecular formula is C24H30FN3O4S. The van der Waals surface area contributed by atoms with Crippen LogP contribution < -0.4 is 15.4 Å². The van der Waals surface area contributed by atoms with Crippen LogP contribution in [0, 0.1) is 24.6 Å². The van der Waals surface area contributed by atoms with E-state index in [1.165, 1.54) is 18.2 Å². The van der Waals surface area contributed by atoms with Gasteiger partial charge >= 0.3 is 0 Å². The van der Waals surface area contributed by atoms with E-state index in [0.29, 0.717) is 25.1 Å². The first-order valence-corrected chi connectivity index (χ1v) is 12.6. The number of hydrogen-bond acceptors (Lipinski definition) is 4. The normalized spacial score (nSPS) is 19.5. The van der Waals surface area contributed by atoms with Gasteiger partial charge in [0.05, 0.1) is 4.90 Å². The molecule has 3 rings (SSSR count). The Balaban J connectivity index is 1.42. The van der Waals surface area contributed by atoms with E-state index in [1.807, 2.05) is 6.92 Å². The summed E-state index contributed by atoms with van der Waals surface area (Å²) in [6.45, 7) is 3.81. The van der Waals surface area contributed by atoms with Crippen molar-refractivity contribution in [3.05, 3.63) is 59.9 Å². The number of nitrogens with one attached hydrogen (secondary N) is 3. The zero-order chi connectivity index (χ0) is 24.0. The minimum atomic E-state index is -3.56. The number of anilines is 1. The Bertz CT molecular complexity index is 1080. The molecule has 2 aromatic rings. The summed E-state index contributed by atoms with van der Waals surface area (Å²) < 4.78 is 40.9. The lowest BCUT2D eigenvalue weighted by Gasteiger charge is -2.28. The van der Waals surface area contributed by atoms with Crippen LogP contribution in [0.4, 0.5) is 10.1 Å². The number of aryl methyl sites for hydroxylation is 1. The average molecular weight is 476 g/mol. The first-order chi connectivity index (χ1) is 15.6. The number of carbonyl (C=O) groups excluding carboxylic acids is 2. The van der Waals surface area contributed by atoms with Gasteiger partial charge in [-0.25, -0.2) is 17.5 Å². The van der Waals surface area contributed by atoms with Gasteiger partial charge in [-0.05, 0) is 75.8 Å². The fourth-order valence-electron chi connectivity index (χ4n) is 3.87. The highest BCUT2D eigenvalue weighted by molar-refractivity contribution is 7.89. The van der Waals surface area contributed by atoms with Gasteiger partial charge in [0.1, 0.15) is 11.9 Å². The maximum Gasteiger partial charge on any atom is 0.246 e. The second-order valence-electron chi connectivity index (χ2n) is 8.61. The standard InChI is InChI=1S/C24H30FN3O4S/c1-16-6-12-22(13-7-16)33(31,32)26-15-18-8-10-19(11-9-18)24(30)27-17(2)23(29)28-21-5-3-4-20(25)14-21/h3-7,12-14,17-19,26H,8-11,15H2,1-2H3,(H,27,30)(H,28,29). The molecule has 1 unspecified atom stereocenters. The van der Waals surface area contributed by atoms with Gasteiger partial charge in [-0.1, -0.05) is 23.8 Å². The monoisotopic (exact) mass is 475 g/mol. The molecule has 7 nitrogen and oxygen atoms in total. The van der Waals surface area contributed by atoms with Gasteiger partial charge < -0.3 is 10.6 Å². The van der Waals surface area contributed by atoms with E-state index in [0.717, 1.165) is 18.4 Å². The van der Waals surface area contributed by atoms with Gasteiger partial charge in [-0.2, -0.15) is 0 Å². The van der Waals surface area contributed by atoms with Crippen LogP contribution in [0.2, 0.25) is 0 Å². The first-order valence-electron chi connectivity index (χ1n) is 11.1. The van der Waals surface area contributed by atoms with E-state index in [1.54, 1.807) is 37.3 Å². The molecule has 1 fully saturated rings. The highest BCUT2D eigenvalue weighted by Gasteiger charge is 2.29. The van der Waals surface area contributed by atoms with Crippen LogP contribution in [-0.4, -0.2) is 32.8 Å². The van der Waals surface area contributed by atoms with Gasteiger partial charge in [-0.3, -0.25) is 9.59 Å². The van der Waals surface area contributed by atoms with E-state index >= 15 is 0 Å². The van der Waals surface area contributed by atoms with E-state index in [-0.39, 0.29) is 22.6 Å². The van der Waals surface area contributed by atoms with E-state index in [4.69, 9.17) is 0 Å². The molecule has 0 heterocycles. The number of sulfonamides is 1. The highest BCUT2D eigenvalue weighted by atomic mass is 32.2. The Morgan fingerprint density at radius 2 is 1.73 bits per heavy atom. The van der Waals surface area contributed by atoms with Crippen LogP contribution in [-0.2, 0) is 19.6 Å². The number of hydrogen-bond donors (Lipinski definition) is 3. The summed E-state index contributed by atoms with van der Waals surface area (Å²) in [6.07, 6.45) is 2.69. The second kappa shape index (κ2) is 10.9. The summed E-state index contributed by atoms with van der Waals surface area (Å²) >= 11 is 0. The Labute approximate surface area is 194 Å². The van der Waals surface area contributed by atoms with Crippen LogP contribution in [0.25, 0.3) is 0 Å².